The number of hydrogen-bond acceptors (Lipinski definition) is 3. The summed E-state index contributed by atoms with van der Waals surface area (Å²) in [5.41, 5.74) is 3.25. The molecule has 3 rings (SSSR count). The lowest BCUT2D eigenvalue weighted by Gasteiger charge is -2.15. The molecular weight excluding hydrogens is 312 g/mol. The molecule has 1 N–H and O–H groups in total. The van der Waals surface area contributed by atoms with E-state index in [-0.39, 0.29) is 5.91 Å². The Morgan fingerprint density at radius 1 is 1.16 bits per heavy atom. The van der Waals surface area contributed by atoms with Crippen molar-refractivity contribution in [3.63, 3.8) is 0 Å². The van der Waals surface area contributed by atoms with Crippen LogP contribution in [0, 0.1) is 16.7 Å². The van der Waals surface area contributed by atoms with Crippen LogP contribution in [0.4, 0.5) is 0 Å². The van der Waals surface area contributed by atoms with Crippen LogP contribution in [0.15, 0.2) is 54.9 Å². The topological polar surface area (TPSA) is 70.7 Å². The highest BCUT2D eigenvalue weighted by Gasteiger charge is 2.26. The standard InChI is InChI=1S/C20H20N4O/c1-20(2,13-21)19(25)22-11-15-7-9-16(10-8-15)12-24-14-23-17-5-3-4-6-18(17)24/h3-10,14H,11-12H2,1-2H3,(H,22,25). The highest BCUT2D eigenvalue weighted by Crippen LogP contribution is 2.15. The van der Waals surface area contributed by atoms with Gasteiger partial charge in [0, 0.05) is 13.1 Å². The molecule has 0 aliphatic rings. The first-order valence-corrected chi connectivity index (χ1v) is 8.17. The van der Waals surface area contributed by atoms with E-state index in [4.69, 9.17) is 5.26 Å². The molecule has 5 heteroatoms. The lowest BCUT2D eigenvalue weighted by Crippen LogP contribution is -2.35. The minimum Gasteiger partial charge on any atom is -0.351 e. The summed E-state index contributed by atoms with van der Waals surface area (Å²) in [6, 6.07) is 18.1. The number of nitrogens with one attached hydrogen (secondary N) is 1. The molecule has 1 amide bonds. The Morgan fingerprint density at radius 2 is 1.84 bits per heavy atom. The van der Waals surface area contributed by atoms with Crippen LogP contribution >= 0.6 is 0 Å². The zero-order valence-corrected chi connectivity index (χ0v) is 14.4. The normalized spacial score (nSPS) is 11.2. The highest BCUT2D eigenvalue weighted by atomic mass is 16.2. The van der Waals surface area contributed by atoms with Crippen LogP contribution in [0.2, 0.25) is 0 Å². The average Bonchev–Trinajstić information content (AvgIpc) is 3.04. The van der Waals surface area contributed by atoms with Gasteiger partial charge in [-0.3, -0.25) is 4.79 Å². The Labute approximate surface area is 146 Å². The van der Waals surface area contributed by atoms with Crippen molar-refractivity contribution < 1.29 is 4.79 Å². The van der Waals surface area contributed by atoms with Gasteiger partial charge in [-0.2, -0.15) is 5.26 Å². The molecule has 0 saturated carbocycles. The van der Waals surface area contributed by atoms with Crippen molar-refractivity contribution in [1.29, 1.82) is 5.26 Å². The van der Waals surface area contributed by atoms with E-state index in [1.807, 2.05) is 54.9 Å². The van der Waals surface area contributed by atoms with Crippen molar-refractivity contribution in [1.82, 2.24) is 14.9 Å². The highest BCUT2D eigenvalue weighted by molar-refractivity contribution is 5.84. The molecule has 0 atom stereocenters. The molecule has 5 nitrogen and oxygen atoms in total. The summed E-state index contributed by atoms with van der Waals surface area (Å²) in [5, 5.41) is 11.8. The van der Waals surface area contributed by atoms with Gasteiger partial charge in [0.1, 0.15) is 5.41 Å². The number of imidazole rings is 1. The van der Waals surface area contributed by atoms with E-state index >= 15 is 0 Å². The molecule has 0 fully saturated rings. The number of carbonyl (C=O) groups is 1. The lowest BCUT2D eigenvalue weighted by atomic mass is 9.94. The van der Waals surface area contributed by atoms with Crippen molar-refractivity contribution in [3.8, 4) is 6.07 Å². The van der Waals surface area contributed by atoms with Crippen LogP contribution in [0.1, 0.15) is 25.0 Å². The third-order valence-corrected chi connectivity index (χ3v) is 4.20. The van der Waals surface area contributed by atoms with Gasteiger partial charge in [-0.15, -0.1) is 0 Å². The van der Waals surface area contributed by atoms with Crippen molar-refractivity contribution in [2.45, 2.75) is 26.9 Å². The summed E-state index contributed by atoms with van der Waals surface area (Å²) in [7, 11) is 0. The number of fused-ring (bicyclic) bond motifs is 1. The molecule has 0 saturated heterocycles. The van der Waals surface area contributed by atoms with Gasteiger partial charge in [0.05, 0.1) is 23.4 Å². The van der Waals surface area contributed by atoms with Crippen molar-refractivity contribution >= 4 is 16.9 Å². The van der Waals surface area contributed by atoms with Crippen LogP contribution in [0.5, 0.6) is 0 Å². The fourth-order valence-electron chi connectivity index (χ4n) is 2.55. The molecule has 0 unspecified atom stereocenters. The molecule has 2 aromatic carbocycles. The first-order chi connectivity index (χ1) is 12.0. The van der Waals surface area contributed by atoms with Gasteiger partial charge in [-0.25, -0.2) is 4.98 Å². The molecule has 1 aromatic heterocycles. The lowest BCUT2D eigenvalue weighted by molar-refractivity contribution is -0.126. The quantitative estimate of drug-likeness (QED) is 0.779. The van der Waals surface area contributed by atoms with Crippen molar-refractivity contribution in [2.24, 2.45) is 5.41 Å². The van der Waals surface area contributed by atoms with E-state index in [2.05, 4.69) is 20.9 Å². The third-order valence-electron chi connectivity index (χ3n) is 4.20. The second-order valence-electron chi connectivity index (χ2n) is 6.60. The zero-order chi connectivity index (χ0) is 17.9. The molecule has 1 heterocycles. The summed E-state index contributed by atoms with van der Waals surface area (Å²) in [4.78, 5) is 16.3. The van der Waals surface area contributed by atoms with Crippen LogP contribution in [-0.2, 0) is 17.9 Å². The average molecular weight is 332 g/mol. The Kier molecular flexibility index (Phi) is 4.53. The first-order valence-electron chi connectivity index (χ1n) is 8.17. The Bertz CT molecular complexity index is 932. The molecule has 0 spiro atoms. The van der Waals surface area contributed by atoms with E-state index in [0.29, 0.717) is 6.54 Å². The Balaban J connectivity index is 1.65. The predicted molar refractivity (Wildman–Crippen MR) is 96.5 cm³/mol. The molecule has 0 bridgehead atoms. The Morgan fingerprint density at radius 3 is 2.56 bits per heavy atom. The molecular formula is C20H20N4O. The van der Waals surface area contributed by atoms with Crippen molar-refractivity contribution in [3.05, 3.63) is 66.0 Å². The zero-order valence-electron chi connectivity index (χ0n) is 14.4. The molecule has 126 valence electrons. The van der Waals surface area contributed by atoms with Gasteiger partial charge >= 0.3 is 0 Å². The summed E-state index contributed by atoms with van der Waals surface area (Å²) in [6.45, 7) is 4.38. The number of para-hydroxylation sites is 2. The predicted octanol–water partition coefficient (Wildman–Crippen LogP) is 3.25. The fraction of sp³-hybridized carbons (Fsp3) is 0.250. The monoisotopic (exact) mass is 332 g/mol. The minimum absolute atomic E-state index is 0.260. The van der Waals surface area contributed by atoms with E-state index in [1.165, 1.54) is 0 Å². The minimum atomic E-state index is -1.01. The summed E-state index contributed by atoms with van der Waals surface area (Å²) >= 11 is 0. The van der Waals surface area contributed by atoms with Crippen LogP contribution in [0.3, 0.4) is 0 Å². The number of nitriles is 1. The summed E-state index contributed by atoms with van der Waals surface area (Å²) < 4.78 is 2.11. The molecule has 3 aromatic rings. The molecule has 0 aliphatic carbocycles. The van der Waals surface area contributed by atoms with Gasteiger partial charge in [0.2, 0.25) is 5.91 Å². The number of rotatable bonds is 5. The fourth-order valence-corrected chi connectivity index (χ4v) is 2.55. The number of nitrogens with zero attached hydrogens (tertiary/aromatic N) is 3. The van der Waals surface area contributed by atoms with Gasteiger partial charge in [-0.1, -0.05) is 36.4 Å². The van der Waals surface area contributed by atoms with Gasteiger partial charge in [0.25, 0.3) is 0 Å². The molecule has 0 radical (unpaired) electrons. The van der Waals surface area contributed by atoms with Crippen LogP contribution in [0.25, 0.3) is 11.0 Å². The number of amides is 1. The summed E-state index contributed by atoms with van der Waals surface area (Å²) in [6.07, 6.45) is 1.85. The van der Waals surface area contributed by atoms with E-state index in [1.54, 1.807) is 13.8 Å². The number of carbonyl (C=O) groups excluding carboxylic acids is 1. The van der Waals surface area contributed by atoms with Gasteiger partial charge in [-0.05, 0) is 37.1 Å². The van der Waals surface area contributed by atoms with Crippen LogP contribution < -0.4 is 5.32 Å². The maximum Gasteiger partial charge on any atom is 0.240 e. The van der Waals surface area contributed by atoms with E-state index in [9.17, 15) is 4.79 Å². The number of benzene rings is 2. The van der Waals surface area contributed by atoms with Crippen LogP contribution in [-0.4, -0.2) is 15.5 Å². The molecule has 0 aliphatic heterocycles. The Hall–Kier alpha value is -3.13. The largest absolute Gasteiger partial charge is 0.351 e. The first kappa shape index (κ1) is 16.7. The smallest absolute Gasteiger partial charge is 0.240 e. The second-order valence-corrected chi connectivity index (χ2v) is 6.60. The van der Waals surface area contributed by atoms with E-state index in [0.717, 1.165) is 28.7 Å². The number of hydrogen-bond donors (Lipinski definition) is 1. The summed E-state index contributed by atoms with van der Waals surface area (Å²) in [5.74, 6) is -0.260. The molecule has 25 heavy (non-hydrogen) atoms. The SMILES string of the molecule is CC(C)(C#N)C(=O)NCc1ccc(Cn2cnc3ccccc32)cc1. The maximum absolute atomic E-state index is 11.9. The van der Waals surface area contributed by atoms with Gasteiger partial charge < -0.3 is 9.88 Å². The van der Waals surface area contributed by atoms with E-state index < -0.39 is 5.41 Å². The van der Waals surface area contributed by atoms with Crippen molar-refractivity contribution in [2.75, 3.05) is 0 Å². The van der Waals surface area contributed by atoms with Gasteiger partial charge in [0.15, 0.2) is 0 Å². The second kappa shape index (κ2) is 6.78. The number of aromatic nitrogens is 2. The maximum atomic E-state index is 11.9. The third kappa shape index (κ3) is 3.69.